The lowest BCUT2D eigenvalue weighted by Crippen LogP contribution is -2.22. The Morgan fingerprint density at radius 1 is 1.30 bits per heavy atom. The van der Waals surface area contributed by atoms with E-state index < -0.39 is 22.8 Å². The molecule has 0 saturated carbocycles. The van der Waals surface area contributed by atoms with Crippen LogP contribution in [0.3, 0.4) is 0 Å². The Morgan fingerprint density at radius 2 is 1.85 bits per heavy atom. The van der Waals surface area contributed by atoms with E-state index in [2.05, 4.69) is 10.3 Å². The van der Waals surface area contributed by atoms with Gasteiger partial charge in [0.05, 0.1) is 11.5 Å². The van der Waals surface area contributed by atoms with Gasteiger partial charge >= 0.3 is 11.9 Å². The molecule has 1 rings (SSSR count). The molecule has 1 heterocycles. The number of rotatable bonds is 4. The van der Waals surface area contributed by atoms with Gasteiger partial charge in [-0.1, -0.05) is 0 Å². The SMILES string of the molecule is NC(=O)CNc1ccc([N+](=O)[O-])cn1.O=C(O)C(=O)O. The van der Waals surface area contributed by atoms with Crippen molar-refractivity contribution >= 4 is 29.4 Å². The first-order valence-corrected chi connectivity index (χ1v) is 4.83. The maximum atomic E-state index is 10.4. The monoisotopic (exact) mass is 286 g/mol. The minimum Gasteiger partial charge on any atom is -0.473 e. The van der Waals surface area contributed by atoms with Crippen molar-refractivity contribution in [2.45, 2.75) is 0 Å². The number of aromatic nitrogens is 1. The summed E-state index contributed by atoms with van der Waals surface area (Å²) in [6.45, 7) is -0.0508. The van der Waals surface area contributed by atoms with Crippen molar-refractivity contribution in [1.82, 2.24) is 4.98 Å². The smallest absolute Gasteiger partial charge is 0.414 e. The van der Waals surface area contributed by atoms with E-state index in [-0.39, 0.29) is 12.2 Å². The molecular weight excluding hydrogens is 276 g/mol. The molecule has 1 aromatic rings. The highest BCUT2D eigenvalue weighted by molar-refractivity contribution is 6.27. The number of nitrogens with two attached hydrogens (primary N) is 1. The van der Waals surface area contributed by atoms with Crippen LogP contribution in [0.15, 0.2) is 18.3 Å². The first kappa shape index (κ1) is 16.8. The highest BCUT2D eigenvalue weighted by Crippen LogP contribution is 2.11. The summed E-state index contributed by atoms with van der Waals surface area (Å²) < 4.78 is 0. The Bertz CT molecular complexity index is 502. The number of hydrogen-bond donors (Lipinski definition) is 4. The van der Waals surface area contributed by atoms with Crippen LogP contribution in [0.5, 0.6) is 0 Å². The number of carbonyl (C=O) groups is 3. The maximum Gasteiger partial charge on any atom is 0.414 e. The van der Waals surface area contributed by atoms with Crippen molar-refractivity contribution in [3.05, 3.63) is 28.4 Å². The Kier molecular flexibility index (Phi) is 6.68. The van der Waals surface area contributed by atoms with E-state index in [1.54, 1.807) is 0 Å². The van der Waals surface area contributed by atoms with Gasteiger partial charge in [0.25, 0.3) is 5.69 Å². The standard InChI is InChI=1S/C7H8N4O3.C2H2O4/c8-6(12)4-10-7-2-1-5(3-9-7)11(13)14;3-1(4)2(5)6/h1-3H,4H2,(H2,8,12)(H,9,10);(H,3,4)(H,5,6). The lowest BCUT2D eigenvalue weighted by Gasteiger charge is -2.00. The van der Waals surface area contributed by atoms with Gasteiger partial charge in [-0.25, -0.2) is 14.6 Å². The molecule has 0 unspecified atom stereocenters. The number of carboxylic acid groups (broad SMARTS) is 2. The van der Waals surface area contributed by atoms with Crippen LogP contribution in [0.1, 0.15) is 0 Å². The summed E-state index contributed by atoms with van der Waals surface area (Å²) >= 11 is 0. The van der Waals surface area contributed by atoms with E-state index >= 15 is 0 Å². The predicted molar refractivity (Wildman–Crippen MR) is 63.8 cm³/mol. The van der Waals surface area contributed by atoms with Crippen LogP contribution >= 0.6 is 0 Å². The summed E-state index contributed by atoms with van der Waals surface area (Å²) in [5, 5.41) is 27.6. The average molecular weight is 286 g/mol. The molecule has 0 aliphatic rings. The zero-order valence-corrected chi connectivity index (χ0v) is 9.85. The van der Waals surface area contributed by atoms with Crippen molar-refractivity contribution in [2.75, 3.05) is 11.9 Å². The summed E-state index contributed by atoms with van der Waals surface area (Å²) in [5.41, 5.74) is 4.78. The van der Waals surface area contributed by atoms with Gasteiger partial charge in [-0.3, -0.25) is 14.9 Å². The molecule has 0 aromatic carbocycles. The van der Waals surface area contributed by atoms with Crippen LogP contribution in [-0.4, -0.2) is 44.5 Å². The highest BCUT2D eigenvalue weighted by atomic mass is 16.6. The number of primary amides is 1. The number of carbonyl (C=O) groups excluding carboxylic acids is 1. The zero-order chi connectivity index (χ0) is 15.7. The van der Waals surface area contributed by atoms with Crippen LogP contribution in [0.2, 0.25) is 0 Å². The minimum atomic E-state index is -1.82. The number of anilines is 1. The van der Waals surface area contributed by atoms with Gasteiger partial charge in [-0.15, -0.1) is 0 Å². The molecule has 0 bridgehead atoms. The van der Waals surface area contributed by atoms with E-state index in [1.165, 1.54) is 12.1 Å². The van der Waals surface area contributed by atoms with Gasteiger partial charge in [0.15, 0.2) is 0 Å². The largest absolute Gasteiger partial charge is 0.473 e. The van der Waals surface area contributed by atoms with Crippen LogP contribution in [-0.2, 0) is 14.4 Å². The molecular formula is C9H10N4O7. The molecule has 1 amide bonds. The lowest BCUT2D eigenvalue weighted by molar-refractivity contribution is -0.385. The Morgan fingerprint density at radius 3 is 2.15 bits per heavy atom. The van der Waals surface area contributed by atoms with Gasteiger partial charge < -0.3 is 21.3 Å². The molecule has 108 valence electrons. The van der Waals surface area contributed by atoms with Crippen LogP contribution in [0, 0.1) is 10.1 Å². The number of amides is 1. The van der Waals surface area contributed by atoms with Crippen LogP contribution in [0.25, 0.3) is 0 Å². The van der Waals surface area contributed by atoms with Crippen molar-refractivity contribution in [3.8, 4) is 0 Å². The summed E-state index contributed by atoms with van der Waals surface area (Å²) in [6, 6.07) is 2.69. The summed E-state index contributed by atoms with van der Waals surface area (Å²) in [4.78, 5) is 42.0. The first-order valence-electron chi connectivity index (χ1n) is 4.83. The molecule has 11 nitrogen and oxygen atoms in total. The Labute approximate surface area is 111 Å². The maximum absolute atomic E-state index is 10.4. The second-order valence-electron chi connectivity index (χ2n) is 3.09. The molecule has 0 fully saturated rings. The van der Waals surface area contributed by atoms with Crippen molar-refractivity contribution in [2.24, 2.45) is 5.73 Å². The summed E-state index contributed by atoms with van der Waals surface area (Å²) in [7, 11) is 0. The number of nitrogens with one attached hydrogen (secondary N) is 1. The topological polar surface area (TPSA) is 186 Å². The van der Waals surface area contributed by atoms with E-state index in [0.29, 0.717) is 5.82 Å². The second kappa shape index (κ2) is 7.97. The number of carboxylic acids is 2. The molecule has 0 aliphatic heterocycles. The van der Waals surface area contributed by atoms with Crippen LogP contribution in [0.4, 0.5) is 11.5 Å². The fourth-order valence-electron chi connectivity index (χ4n) is 0.776. The van der Waals surface area contributed by atoms with Crippen LogP contribution < -0.4 is 11.1 Å². The van der Waals surface area contributed by atoms with E-state index in [9.17, 15) is 14.9 Å². The number of pyridine rings is 1. The average Bonchev–Trinajstić information content (AvgIpc) is 2.37. The second-order valence-corrected chi connectivity index (χ2v) is 3.09. The van der Waals surface area contributed by atoms with Gasteiger partial charge in [-0.2, -0.15) is 0 Å². The van der Waals surface area contributed by atoms with Gasteiger partial charge in [0, 0.05) is 6.07 Å². The number of hydrogen-bond acceptors (Lipinski definition) is 7. The Hall–Kier alpha value is -3.24. The van der Waals surface area contributed by atoms with E-state index in [0.717, 1.165) is 6.20 Å². The Balaban J connectivity index is 0.000000511. The number of nitrogens with zero attached hydrogens (tertiary/aromatic N) is 2. The lowest BCUT2D eigenvalue weighted by atomic mass is 10.4. The quantitative estimate of drug-likeness (QED) is 0.307. The van der Waals surface area contributed by atoms with Crippen molar-refractivity contribution in [3.63, 3.8) is 0 Å². The minimum absolute atomic E-state index is 0.0508. The molecule has 0 saturated heterocycles. The van der Waals surface area contributed by atoms with Crippen molar-refractivity contribution in [1.29, 1.82) is 0 Å². The van der Waals surface area contributed by atoms with Gasteiger partial charge in [0.2, 0.25) is 5.91 Å². The normalized spacial score (nSPS) is 8.80. The number of nitro groups is 1. The molecule has 0 radical (unpaired) electrons. The third-order valence-electron chi connectivity index (χ3n) is 1.59. The first-order chi connectivity index (χ1) is 9.23. The third-order valence-corrected chi connectivity index (χ3v) is 1.59. The summed E-state index contributed by atoms with van der Waals surface area (Å²) in [6.07, 6.45) is 1.10. The predicted octanol–water partition coefficient (Wildman–Crippen LogP) is -0.957. The molecule has 0 atom stereocenters. The molecule has 20 heavy (non-hydrogen) atoms. The molecule has 11 heteroatoms. The van der Waals surface area contributed by atoms with Gasteiger partial charge in [-0.05, 0) is 6.07 Å². The highest BCUT2D eigenvalue weighted by Gasteiger charge is 2.05. The van der Waals surface area contributed by atoms with E-state index in [4.69, 9.17) is 25.5 Å². The zero-order valence-electron chi connectivity index (χ0n) is 9.85. The molecule has 0 aliphatic carbocycles. The molecule has 5 N–H and O–H groups in total. The molecule has 1 aromatic heterocycles. The molecule has 0 spiro atoms. The fraction of sp³-hybridized carbons (Fsp3) is 0.111. The van der Waals surface area contributed by atoms with Crippen molar-refractivity contribution < 1.29 is 29.5 Å². The van der Waals surface area contributed by atoms with E-state index in [1.807, 2.05) is 0 Å². The summed E-state index contributed by atoms with van der Waals surface area (Å²) in [5.74, 6) is -3.80. The number of aliphatic carboxylic acids is 2. The fourth-order valence-corrected chi connectivity index (χ4v) is 0.776. The third kappa shape index (κ3) is 7.16. The van der Waals surface area contributed by atoms with Gasteiger partial charge in [0.1, 0.15) is 12.0 Å².